The Kier molecular flexibility index (Phi) is 5.87. The Morgan fingerprint density at radius 3 is 2.35 bits per heavy atom. The van der Waals surface area contributed by atoms with Crippen molar-refractivity contribution in [3.63, 3.8) is 0 Å². The summed E-state index contributed by atoms with van der Waals surface area (Å²) in [5.41, 5.74) is 3.15. The molecular weight excluding hydrogens is 438 g/mol. The van der Waals surface area contributed by atoms with Crippen molar-refractivity contribution in [1.82, 2.24) is 14.1 Å². The van der Waals surface area contributed by atoms with Gasteiger partial charge in [-0.05, 0) is 30.0 Å². The lowest BCUT2D eigenvalue weighted by molar-refractivity contribution is 0.0851. The third-order valence-electron chi connectivity index (χ3n) is 6.44. The van der Waals surface area contributed by atoms with Crippen molar-refractivity contribution in [2.75, 3.05) is 6.61 Å². The van der Waals surface area contributed by atoms with Gasteiger partial charge in [-0.2, -0.15) is 0 Å². The minimum absolute atomic E-state index is 0.0288. The molecule has 0 aliphatic heterocycles. The Morgan fingerprint density at radius 2 is 1.62 bits per heavy atom. The Hall–Kier alpha value is -3.22. The number of aromatic nitrogens is 3. The maximum Gasteiger partial charge on any atom is 0.261 e. The molecule has 2 aromatic heterocycles. The summed E-state index contributed by atoms with van der Waals surface area (Å²) in [5, 5.41) is 3.62. The molecule has 0 amide bonds. The maximum absolute atomic E-state index is 13.6. The number of benzene rings is 3. The molecule has 34 heavy (non-hydrogen) atoms. The van der Waals surface area contributed by atoms with Gasteiger partial charge in [0.15, 0.2) is 0 Å². The Morgan fingerprint density at radius 1 is 0.912 bits per heavy atom. The van der Waals surface area contributed by atoms with Gasteiger partial charge in [-0.25, -0.2) is 4.98 Å². The van der Waals surface area contributed by atoms with Crippen molar-refractivity contribution in [3.8, 4) is 0 Å². The molecular formula is C28H31N3O2Si. The second-order valence-corrected chi connectivity index (χ2v) is 15.8. The first-order valence-electron chi connectivity index (χ1n) is 11.9. The monoisotopic (exact) mass is 469 g/mol. The van der Waals surface area contributed by atoms with Gasteiger partial charge in [0.05, 0.1) is 16.4 Å². The molecule has 0 N–H and O–H groups in total. The van der Waals surface area contributed by atoms with E-state index < -0.39 is 8.07 Å². The van der Waals surface area contributed by atoms with Gasteiger partial charge in [-0.3, -0.25) is 9.36 Å². The summed E-state index contributed by atoms with van der Waals surface area (Å²) in [4.78, 5) is 18.6. The van der Waals surface area contributed by atoms with Gasteiger partial charge in [-0.15, -0.1) is 0 Å². The molecule has 0 unspecified atom stereocenters. The lowest BCUT2D eigenvalue weighted by Crippen LogP contribution is -2.24. The second kappa shape index (κ2) is 8.85. The normalized spacial score (nSPS) is 12.2. The van der Waals surface area contributed by atoms with E-state index in [4.69, 9.17) is 9.72 Å². The zero-order valence-electron chi connectivity index (χ0n) is 20.3. The SMILES string of the molecule is Cc1nc2c3ccn(COCC[Si](C)(C)C)c(=O)c3c3ccccc3c2n1Cc1ccccc1. The van der Waals surface area contributed by atoms with Crippen molar-refractivity contribution in [2.24, 2.45) is 0 Å². The summed E-state index contributed by atoms with van der Waals surface area (Å²) in [6.07, 6.45) is 1.85. The fraction of sp³-hybridized carbons (Fsp3) is 0.286. The molecule has 0 aliphatic carbocycles. The molecule has 2 heterocycles. The minimum Gasteiger partial charge on any atom is -0.361 e. The van der Waals surface area contributed by atoms with E-state index in [-0.39, 0.29) is 12.3 Å². The van der Waals surface area contributed by atoms with E-state index in [0.717, 1.165) is 45.6 Å². The van der Waals surface area contributed by atoms with Crippen LogP contribution < -0.4 is 5.56 Å². The largest absolute Gasteiger partial charge is 0.361 e. The van der Waals surface area contributed by atoms with E-state index in [1.165, 1.54) is 5.56 Å². The van der Waals surface area contributed by atoms with Crippen LogP contribution in [-0.2, 0) is 18.0 Å². The third-order valence-corrected chi connectivity index (χ3v) is 8.14. The highest BCUT2D eigenvalue weighted by Crippen LogP contribution is 2.34. The number of pyridine rings is 1. The Bertz CT molecular complexity index is 1550. The van der Waals surface area contributed by atoms with Gasteiger partial charge >= 0.3 is 0 Å². The molecule has 0 bridgehead atoms. The first-order chi connectivity index (χ1) is 16.3. The van der Waals surface area contributed by atoms with Crippen LogP contribution in [0.15, 0.2) is 71.7 Å². The molecule has 0 radical (unpaired) electrons. The van der Waals surface area contributed by atoms with Crippen LogP contribution in [0.25, 0.3) is 32.6 Å². The van der Waals surface area contributed by atoms with Gasteiger partial charge in [0, 0.05) is 38.2 Å². The van der Waals surface area contributed by atoms with Crippen molar-refractivity contribution < 1.29 is 4.74 Å². The first-order valence-corrected chi connectivity index (χ1v) is 15.6. The molecule has 0 aliphatic rings. The average molecular weight is 470 g/mol. The molecule has 0 atom stereocenters. The molecule has 0 fully saturated rings. The Labute approximate surface area is 200 Å². The summed E-state index contributed by atoms with van der Waals surface area (Å²) in [6.45, 7) is 10.7. The molecule has 5 nitrogen and oxygen atoms in total. The second-order valence-electron chi connectivity index (χ2n) is 10.2. The van der Waals surface area contributed by atoms with Crippen LogP contribution in [0.3, 0.4) is 0 Å². The summed E-state index contributed by atoms with van der Waals surface area (Å²) in [7, 11) is -1.17. The quantitative estimate of drug-likeness (QED) is 0.163. The average Bonchev–Trinajstić information content (AvgIpc) is 3.14. The standard InChI is InChI=1S/C28H31N3O2Si/c1-20-29-26-24-14-15-30(19-33-16-17-34(2,3)4)28(32)25(24)22-12-8-9-13-23(22)27(26)31(20)18-21-10-6-5-7-11-21/h5-15H,16-19H2,1-4H3. The van der Waals surface area contributed by atoms with Crippen LogP contribution in [-0.4, -0.2) is 28.8 Å². The molecule has 0 spiro atoms. The van der Waals surface area contributed by atoms with Gasteiger partial charge < -0.3 is 9.30 Å². The van der Waals surface area contributed by atoms with E-state index in [0.29, 0.717) is 12.0 Å². The number of hydrogen-bond acceptors (Lipinski definition) is 3. The number of fused-ring (bicyclic) bond motifs is 6. The predicted octanol–water partition coefficient (Wildman–Crippen LogP) is 6.17. The topological polar surface area (TPSA) is 49.1 Å². The Balaban J connectivity index is 1.66. The van der Waals surface area contributed by atoms with Crippen LogP contribution >= 0.6 is 0 Å². The highest BCUT2D eigenvalue weighted by molar-refractivity contribution is 6.76. The smallest absolute Gasteiger partial charge is 0.261 e. The summed E-state index contributed by atoms with van der Waals surface area (Å²) >= 11 is 0. The minimum atomic E-state index is -1.17. The number of ether oxygens (including phenoxy) is 1. The van der Waals surface area contributed by atoms with Crippen molar-refractivity contribution >= 4 is 40.7 Å². The van der Waals surface area contributed by atoms with Crippen molar-refractivity contribution in [1.29, 1.82) is 0 Å². The van der Waals surface area contributed by atoms with Gasteiger partial charge in [-0.1, -0.05) is 74.2 Å². The van der Waals surface area contributed by atoms with E-state index in [9.17, 15) is 4.79 Å². The zero-order chi connectivity index (χ0) is 23.9. The fourth-order valence-corrected chi connectivity index (χ4v) is 5.32. The molecule has 174 valence electrons. The van der Waals surface area contributed by atoms with Gasteiger partial charge in [0.1, 0.15) is 12.6 Å². The molecule has 5 rings (SSSR count). The van der Waals surface area contributed by atoms with Crippen LogP contribution in [0.5, 0.6) is 0 Å². The molecule has 0 saturated heterocycles. The zero-order valence-corrected chi connectivity index (χ0v) is 21.3. The molecule has 5 aromatic rings. The van der Waals surface area contributed by atoms with E-state index in [1.807, 2.05) is 43.5 Å². The lowest BCUT2D eigenvalue weighted by Gasteiger charge is -2.16. The number of rotatable bonds is 7. The van der Waals surface area contributed by atoms with E-state index in [2.05, 4.69) is 54.5 Å². The van der Waals surface area contributed by atoms with E-state index in [1.54, 1.807) is 4.57 Å². The van der Waals surface area contributed by atoms with Gasteiger partial charge in [0.25, 0.3) is 5.56 Å². The summed E-state index contributed by atoms with van der Waals surface area (Å²) in [5.74, 6) is 0.940. The lowest BCUT2D eigenvalue weighted by atomic mass is 10.0. The summed E-state index contributed by atoms with van der Waals surface area (Å²) < 4.78 is 9.83. The summed E-state index contributed by atoms with van der Waals surface area (Å²) in [6, 6.07) is 21.7. The van der Waals surface area contributed by atoms with Crippen LogP contribution in [0.2, 0.25) is 25.7 Å². The molecule has 3 aromatic carbocycles. The number of nitrogens with zero attached hydrogens (tertiary/aromatic N) is 3. The molecule has 0 saturated carbocycles. The number of hydrogen-bond donors (Lipinski definition) is 0. The number of imidazole rings is 1. The first kappa shape index (κ1) is 22.6. The van der Waals surface area contributed by atoms with E-state index >= 15 is 0 Å². The van der Waals surface area contributed by atoms with Crippen molar-refractivity contribution in [2.45, 2.75) is 45.9 Å². The maximum atomic E-state index is 13.6. The number of aryl methyl sites for hydroxylation is 1. The highest BCUT2D eigenvalue weighted by atomic mass is 28.3. The van der Waals surface area contributed by atoms with Crippen molar-refractivity contribution in [3.05, 3.63) is 88.6 Å². The third kappa shape index (κ3) is 4.19. The van der Waals surface area contributed by atoms with Crippen LogP contribution in [0.1, 0.15) is 11.4 Å². The van der Waals surface area contributed by atoms with Crippen LogP contribution in [0, 0.1) is 6.92 Å². The van der Waals surface area contributed by atoms with Crippen LogP contribution in [0.4, 0.5) is 0 Å². The molecule has 6 heteroatoms. The fourth-order valence-electron chi connectivity index (χ4n) is 4.57. The predicted molar refractivity (Wildman–Crippen MR) is 143 cm³/mol. The highest BCUT2D eigenvalue weighted by Gasteiger charge is 2.19. The van der Waals surface area contributed by atoms with Gasteiger partial charge in [0.2, 0.25) is 0 Å².